The van der Waals surface area contributed by atoms with Crippen LogP contribution >= 0.6 is 22.7 Å². The van der Waals surface area contributed by atoms with Crippen LogP contribution in [0.25, 0.3) is 0 Å². The lowest BCUT2D eigenvalue weighted by atomic mass is 10.1. The molecule has 0 amide bonds. The van der Waals surface area contributed by atoms with Crippen LogP contribution in [-0.2, 0) is 0 Å². The van der Waals surface area contributed by atoms with Gasteiger partial charge in [0.05, 0.1) is 0 Å². The molecule has 0 aromatic carbocycles. The van der Waals surface area contributed by atoms with Gasteiger partial charge in [0.25, 0.3) is 0 Å². The van der Waals surface area contributed by atoms with Crippen LogP contribution in [0, 0.1) is 23.7 Å². The van der Waals surface area contributed by atoms with Gasteiger partial charge in [0.15, 0.2) is 12.1 Å². The van der Waals surface area contributed by atoms with E-state index in [1.807, 2.05) is 38.1 Å². The first-order valence-corrected chi connectivity index (χ1v) is 7.06. The summed E-state index contributed by atoms with van der Waals surface area (Å²) in [4.78, 5) is 25.9. The average Bonchev–Trinajstić information content (AvgIpc) is 2.95. The molecule has 2 unspecified atom stereocenters. The van der Waals surface area contributed by atoms with Gasteiger partial charge in [-0.05, 0) is 38.1 Å². The second-order valence-electron chi connectivity index (χ2n) is 4.00. The highest BCUT2D eigenvalue weighted by Crippen LogP contribution is 2.40. The molecule has 0 bridgehead atoms. The van der Waals surface area contributed by atoms with Crippen LogP contribution in [0.2, 0.25) is 0 Å². The largest absolute Gasteiger partial charge is 0.157 e. The second kappa shape index (κ2) is 5.49. The molecule has 2 aromatic heterocycles. The van der Waals surface area contributed by atoms with Crippen molar-refractivity contribution in [1.82, 2.24) is 0 Å². The van der Waals surface area contributed by atoms with Gasteiger partial charge < -0.3 is 0 Å². The molecular formula is C12H12N2O2S2. The monoisotopic (exact) mass is 280 g/mol. The van der Waals surface area contributed by atoms with Crippen molar-refractivity contribution < 1.29 is 0 Å². The first-order valence-electron chi connectivity index (χ1n) is 5.43. The molecule has 2 rings (SSSR count). The minimum absolute atomic E-state index is 0.723. The fraction of sp³-hybridized carbons (Fsp3) is 0.333. The van der Waals surface area contributed by atoms with E-state index in [2.05, 4.69) is 10.4 Å². The maximum absolute atomic E-state index is 11.1. The third-order valence-corrected chi connectivity index (χ3v) is 4.77. The van der Waals surface area contributed by atoms with Crippen LogP contribution in [0.5, 0.6) is 0 Å². The molecule has 0 N–H and O–H groups in total. The molecule has 0 saturated carbocycles. The zero-order valence-electron chi connectivity index (χ0n) is 9.99. The molecule has 6 heteroatoms. The fourth-order valence-electron chi connectivity index (χ4n) is 1.76. The maximum atomic E-state index is 11.1. The van der Waals surface area contributed by atoms with Crippen LogP contribution in [0.1, 0.15) is 31.6 Å². The quantitative estimate of drug-likeness (QED) is 0.742. The second-order valence-corrected chi connectivity index (χ2v) is 6.64. The lowest BCUT2D eigenvalue weighted by Gasteiger charge is -2.11. The maximum Gasteiger partial charge on any atom is 0.157 e. The Balaban J connectivity index is 2.35. The van der Waals surface area contributed by atoms with Gasteiger partial charge in [0.2, 0.25) is 0 Å². The molecule has 0 aliphatic carbocycles. The molecule has 0 spiro atoms. The van der Waals surface area contributed by atoms with Crippen molar-refractivity contribution in [1.29, 1.82) is 0 Å². The Morgan fingerprint density at radius 2 is 1.22 bits per heavy atom. The van der Waals surface area contributed by atoms with Crippen LogP contribution < -0.4 is 0 Å². The number of rotatable bonds is 5. The van der Waals surface area contributed by atoms with E-state index in [9.17, 15) is 9.81 Å². The Morgan fingerprint density at radius 1 is 0.833 bits per heavy atom. The van der Waals surface area contributed by atoms with Gasteiger partial charge in [-0.3, -0.25) is 0 Å². The molecule has 94 valence electrons. The Labute approximate surface area is 113 Å². The molecule has 2 aromatic rings. The van der Waals surface area contributed by atoms with E-state index < -0.39 is 12.1 Å². The van der Waals surface area contributed by atoms with Gasteiger partial charge >= 0.3 is 0 Å². The molecule has 0 aliphatic heterocycles. The van der Waals surface area contributed by atoms with Crippen molar-refractivity contribution in [2.24, 2.45) is 10.4 Å². The summed E-state index contributed by atoms with van der Waals surface area (Å²) in [7, 11) is 0. The summed E-state index contributed by atoms with van der Waals surface area (Å²) in [6.45, 7) is 3.91. The van der Waals surface area contributed by atoms with E-state index in [0.717, 1.165) is 19.5 Å². The molecule has 4 nitrogen and oxygen atoms in total. The molecule has 0 saturated heterocycles. The number of nitroso groups, excluding NO2 is 2. The third kappa shape index (κ3) is 2.54. The van der Waals surface area contributed by atoms with Crippen LogP contribution in [-0.4, -0.2) is 0 Å². The van der Waals surface area contributed by atoms with Gasteiger partial charge in [-0.25, -0.2) is 0 Å². The fourth-order valence-corrected chi connectivity index (χ4v) is 3.63. The number of nitrogens with zero attached hydrogens (tertiary/aromatic N) is 2. The van der Waals surface area contributed by atoms with Crippen molar-refractivity contribution in [2.45, 2.75) is 25.9 Å². The number of aryl methyl sites for hydroxylation is 2. The highest BCUT2D eigenvalue weighted by atomic mass is 32.1. The molecule has 0 radical (unpaired) electrons. The zero-order valence-corrected chi connectivity index (χ0v) is 11.6. The van der Waals surface area contributed by atoms with E-state index >= 15 is 0 Å². The van der Waals surface area contributed by atoms with Crippen molar-refractivity contribution in [3.05, 3.63) is 53.6 Å². The Morgan fingerprint density at radius 3 is 1.44 bits per heavy atom. The van der Waals surface area contributed by atoms with Gasteiger partial charge in [0, 0.05) is 19.5 Å². The van der Waals surface area contributed by atoms with Crippen molar-refractivity contribution in [3.63, 3.8) is 0 Å². The average molecular weight is 280 g/mol. The van der Waals surface area contributed by atoms with Gasteiger partial charge in [-0.2, -0.15) is 9.81 Å². The van der Waals surface area contributed by atoms with E-state index in [1.54, 1.807) is 0 Å². The lowest BCUT2D eigenvalue weighted by molar-refractivity contribution is 0.588. The minimum atomic E-state index is -0.723. The highest BCUT2D eigenvalue weighted by molar-refractivity contribution is 7.12. The first kappa shape index (κ1) is 13.0. The molecule has 18 heavy (non-hydrogen) atoms. The molecule has 2 heterocycles. The Hall–Kier alpha value is -1.40. The summed E-state index contributed by atoms with van der Waals surface area (Å²) in [6.07, 6.45) is 0. The smallest absolute Gasteiger partial charge is 0.150 e. The number of hydrogen-bond donors (Lipinski definition) is 0. The SMILES string of the molecule is Cc1ccc(C(N=O)C(N=O)c2ccc(C)s2)s1. The summed E-state index contributed by atoms with van der Waals surface area (Å²) in [5, 5.41) is 6.20. The predicted octanol–water partition coefficient (Wildman–Crippen LogP) is 4.74. The van der Waals surface area contributed by atoms with Crippen LogP contribution in [0.3, 0.4) is 0 Å². The summed E-state index contributed by atoms with van der Waals surface area (Å²) in [6, 6.07) is 6.06. The van der Waals surface area contributed by atoms with E-state index in [4.69, 9.17) is 0 Å². The first-order chi connectivity index (χ1) is 8.65. The van der Waals surface area contributed by atoms with E-state index in [0.29, 0.717) is 0 Å². The number of thiophene rings is 2. The van der Waals surface area contributed by atoms with Gasteiger partial charge in [-0.1, -0.05) is 10.4 Å². The predicted molar refractivity (Wildman–Crippen MR) is 75.2 cm³/mol. The lowest BCUT2D eigenvalue weighted by Crippen LogP contribution is -2.03. The van der Waals surface area contributed by atoms with Gasteiger partial charge in [0.1, 0.15) is 0 Å². The summed E-state index contributed by atoms with van der Waals surface area (Å²) >= 11 is 2.96. The molecule has 2 atom stereocenters. The standard InChI is InChI=1S/C12H12N2O2S2/c1-7-3-5-9(17-7)11(13-15)12(14-16)10-6-4-8(2)18-10/h3-6,11-12H,1-2H3. The third-order valence-electron chi connectivity index (χ3n) is 2.63. The van der Waals surface area contributed by atoms with E-state index in [-0.39, 0.29) is 0 Å². The van der Waals surface area contributed by atoms with E-state index in [1.165, 1.54) is 22.7 Å². The van der Waals surface area contributed by atoms with Crippen LogP contribution in [0.4, 0.5) is 0 Å². The van der Waals surface area contributed by atoms with Crippen molar-refractivity contribution in [2.75, 3.05) is 0 Å². The topological polar surface area (TPSA) is 58.9 Å². The zero-order chi connectivity index (χ0) is 13.1. The van der Waals surface area contributed by atoms with Crippen LogP contribution in [0.15, 0.2) is 34.6 Å². The molecule has 0 fully saturated rings. The summed E-state index contributed by atoms with van der Waals surface area (Å²) in [5.74, 6) is 0. The summed E-state index contributed by atoms with van der Waals surface area (Å²) < 4.78 is 0. The van der Waals surface area contributed by atoms with Crippen molar-refractivity contribution in [3.8, 4) is 0 Å². The van der Waals surface area contributed by atoms with Gasteiger partial charge in [-0.15, -0.1) is 22.7 Å². The Bertz CT molecular complexity index is 512. The number of hydrogen-bond acceptors (Lipinski definition) is 6. The van der Waals surface area contributed by atoms with Crippen molar-refractivity contribution >= 4 is 22.7 Å². The molecule has 0 aliphatic rings. The summed E-state index contributed by atoms with van der Waals surface area (Å²) in [5.41, 5.74) is 0. The highest BCUT2D eigenvalue weighted by Gasteiger charge is 2.29. The normalized spacial score (nSPS) is 14.1. The minimum Gasteiger partial charge on any atom is -0.150 e. The Kier molecular flexibility index (Phi) is 3.98. The molecular weight excluding hydrogens is 268 g/mol.